The second-order valence-electron chi connectivity index (χ2n) is 8.40. The largest absolute Gasteiger partial charge is 0.356 e. The van der Waals surface area contributed by atoms with E-state index in [0.29, 0.717) is 25.4 Å². The fourth-order valence-corrected chi connectivity index (χ4v) is 2.66. The lowest BCUT2D eigenvalue weighted by Crippen LogP contribution is -2.35. The molecule has 4 nitrogen and oxygen atoms in total. The molecule has 0 heterocycles. The van der Waals surface area contributed by atoms with Gasteiger partial charge in [0.15, 0.2) is 0 Å². The number of hydrogen-bond donors (Lipinski definition) is 2. The average molecular weight is 385 g/mol. The van der Waals surface area contributed by atoms with Crippen molar-refractivity contribution >= 4 is 11.8 Å². The minimum Gasteiger partial charge on any atom is -0.356 e. The fourth-order valence-electron chi connectivity index (χ4n) is 2.66. The Bertz CT molecular complexity index is 354. The van der Waals surface area contributed by atoms with E-state index in [-0.39, 0.29) is 17.7 Å². The van der Waals surface area contributed by atoms with Gasteiger partial charge >= 0.3 is 0 Å². The Morgan fingerprint density at radius 3 is 1.67 bits per heavy atom. The molecule has 0 saturated heterocycles. The van der Waals surface area contributed by atoms with E-state index in [1.54, 1.807) is 0 Å². The number of hydrogen-bond acceptors (Lipinski definition) is 2. The van der Waals surface area contributed by atoms with Crippen molar-refractivity contribution in [2.24, 2.45) is 17.8 Å². The molecule has 1 atom stereocenters. The maximum atomic E-state index is 12.1. The summed E-state index contributed by atoms with van der Waals surface area (Å²) in [7, 11) is 0. The summed E-state index contributed by atoms with van der Waals surface area (Å²) < 4.78 is 0. The van der Waals surface area contributed by atoms with Crippen LogP contribution in [-0.2, 0) is 9.59 Å². The first kappa shape index (κ1) is 28.2. The summed E-state index contributed by atoms with van der Waals surface area (Å²) in [6, 6.07) is 0. The lowest BCUT2D eigenvalue weighted by atomic mass is 9.94. The van der Waals surface area contributed by atoms with Crippen LogP contribution in [0.5, 0.6) is 0 Å². The summed E-state index contributed by atoms with van der Waals surface area (Å²) in [5, 5.41) is 5.77. The second kappa shape index (κ2) is 19.7. The van der Waals surface area contributed by atoms with Crippen LogP contribution in [0.2, 0.25) is 0 Å². The number of unbranched alkanes of at least 4 members (excludes halogenated alkanes) is 1. The van der Waals surface area contributed by atoms with Crippen molar-refractivity contribution in [3.8, 4) is 0 Å². The Morgan fingerprint density at radius 2 is 1.22 bits per heavy atom. The topological polar surface area (TPSA) is 58.2 Å². The molecule has 0 aromatic rings. The number of rotatable bonds is 14. The highest BCUT2D eigenvalue weighted by Crippen LogP contribution is 2.16. The molecule has 0 aliphatic heterocycles. The molecular formula is C23H48N2O2. The monoisotopic (exact) mass is 384 g/mol. The van der Waals surface area contributed by atoms with E-state index in [0.717, 1.165) is 38.0 Å². The zero-order valence-corrected chi connectivity index (χ0v) is 19.3. The number of carbonyl (C=O) groups is 2. The number of amides is 2. The van der Waals surface area contributed by atoms with Crippen molar-refractivity contribution in [1.82, 2.24) is 10.6 Å². The third-order valence-electron chi connectivity index (χ3n) is 4.39. The number of nitrogens with one attached hydrogen (secondary N) is 2. The minimum absolute atomic E-state index is 0.00644. The normalized spacial score (nSPS) is 11.7. The van der Waals surface area contributed by atoms with Crippen molar-refractivity contribution in [3.05, 3.63) is 0 Å². The molecule has 0 aromatic heterocycles. The van der Waals surface area contributed by atoms with Crippen LogP contribution in [0.3, 0.4) is 0 Å². The van der Waals surface area contributed by atoms with Crippen molar-refractivity contribution in [1.29, 1.82) is 0 Å². The zero-order chi connectivity index (χ0) is 21.1. The van der Waals surface area contributed by atoms with Crippen LogP contribution in [0.25, 0.3) is 0 Å². The molecule has 2 N–H and O–H groups in total. The molecule has 162 valence electrons. The van der Waals surface area contributed by atoms with Crippen molar-refractivity contribution in [3.63, 3.8) is 0 Å². The molecule has 2 amide bonds. The first-order chi connectivity index (χ1) is 12.8. The third kappa shape index (κ3) is 21.1. The van der Waals surface area contributed by atoms with Crippen LogP contribution in [0.4, 0.5) is 0 Å². The van der Waals surface area contributed by atoms with Crippen molar-refractivity contribution < 1.29 is 9.59 Å². The molecule has 0 saturated carbocycles. The highest BCUT2D eigenvalue weighted by atomic mass is 16.2. The van der Waals surface area contributed by atoms with Gasteiger partial charge in [-0.2, -0.15) is 0 Å². The van der Waals surface area contributed by atoms with E-state index in [9.17, 15) is 9.59 Å². The standard InChI is InChI=1S/C16H32N2O2.C7H16/c1-5-10-17-15(19)12-14(9-7-8-13(3)4)16(20)18-11-6-2;1-4-5-6-7(2)3/h13-14H,5-12H2,1-4H3,(H,17,19)(H,18,20);7H,4-6H2,1-3H3. The van der Waals surface area contributed by atoms with Gasteiger partial charge in [0.25, 0.3) is 0 Å². The fraction of sp³-hybridized carbons (Fsp3) is 0.913. The summed E-state index contributed by atoms with van der Waals surface area (Å²) >= 11 is 0. The van der Waals surface area contributed by atoms with Crippen LogP contribution < -0.4 is 10.6 Å². The molecule has 27 heavy (non-hydrogen) atoms. The van der Waals surface area contributed by atoms with Gasteiger partial charge in [-0.25, -0.2) is 0 Å². The van der Waals surface area contributed by atoms with Crippen LogP contribution in [-0.4, -0.2) is 24.9 Å². The Hall–Kier alpha value is -1.06. The van der Waals surface area contributed by atoms with E-state index in [1.165, 1.54) is 19.3 Å². The van der Waals surface area contributed by atoms with E-state index >= 15 is 0 Å². The zero-order valence-electron chi connectivity index (χ0n) is 19.3. The first-order valence-electron chi connectivity index (χ1n) is 11.3. The van der Waals surface area contributed by atoms with Crippen molar-refractivity contribution in [2.75, 3.05) is 13.1 Å². The highest BCUT2D eigenvalue weighted by Gasteiger charge is 2.21. The van der Waals surface area contributed by atoms with Gasteiger partial charge in [-0.15, -0.1) is 0 Å². The molecular weight excluding hydrogens is 336 g/mol. The van der Waals surface area contributed by atoms with Gasteiger partial charge in [0, 0.05) is 25.4 Å². The molecule has 0 spiro atoms. The summed E-state index contributed by atoms with van der Waals surface area (Å²) in [6.07, 6.45) is 9.21. The van der Waals surface area contributed by atoms with Gasteiger partial charge < -0.3 is 10.6 Å². The van der Waals surface area contributed by atoms with Gasteiger partial charge in [0.2, 0.25) is 11.8 Å². The first-order valence-corrected chi connectivity index (χ1v) is 11.3. The molecule has 0 rings (SSSR count). The van der Waals surface area contributed by atoms with Gasteiger partial charge in [0.05, 0.1) is 0 Å². The van der Waals surface area contributed by atoms with Crippen molar-refractivity contribution in [2.45, 2.75) is 106 Å². The molecule has 0 aliphatic carbocycles. The highest BCUT2D eigenvalue weighted by molar-refractivity contribution is 5.85. The average Bonchev–Trinajstić information content (AvgIpc) is 2.62. The van der Waals surface area contributed by atoms with Gasteiger partial charge in [-0.05, 0) is 31.1 Å². The molecule has 0 aliphatic rings. The summed E-state index contributed by atoms with van der Waals surface area (Å²) in [6.45, 7) is 16.6. The third-order valence-corrected chi connectivity index (χ3v) is 4.39. The molecule has 0 bridgehead atoms. The SMILES string of the molecule is CCCCC(C)C.CCCNC(=O)CC(CCCC(C)C)C(=O)NCCC. The second-order valence-corrected chi connectivity index (χ2v) is 8.40. The van der Waals surface area contributed by atoms with E-state index in [4.69, 9.17) is 0 Å². The number of carbonyl (C=O) groups excluding carboxylic acids is 2. The molecule has 0 fully saturated rings. The Labute approximate surface area is 169 Å². The molecule has 4 heteroatoms. The van der Waals surface area contributed by atoms with Gasteiger partial charge in [-0.1, -0.05) is 80.6 Å². The van der Waals surface area contributed by atoms with Crippen LogP contribution >= 0.6 is 0 Å². The van der Waals surface area contributed by atoms with E-state index in [1.807, 2.05) is 13.8 Å². The van der Waals surface area contributed by atoms with Crippen LogP contribution in [0.15, 0.2) is 0 Å². The lowest BCUT2D eigenvalue weighted by Gasteiger charge is -2.17. The lowest BCUT2D eigenvalue weighted by molar-refractivity contribution is -0.130. The molecule has 0 aromatic carbocycles. The van der Waals surface area contributed by atoms with Gasteiger partial charge in [0.1, 0.15) is 0 Å². The minimum atomic E-state index is -0.183. The Kier molecular flexibility index (Phi) is 20.5. The Morgan fingerprint density at radius 1 is 0.704 bits per heavy atom. The summed E-state index contributed by atoms with van der Waals surface area (Å²) in [5.41, 5.74) is 0. The summed E-state index contributed by atoms with van der Waals surface area (Å²) in [4.78, 5) is 23.9. The van der Waals surface area contributed by atoms with E-state index in [2.05, 4.69) is 45.3 Å². The predicted molar refractivity (Wildman–Crippen MR) is 118 cm³/mol. The maximum Gasteiger partial charge on any atom is 0.223 e. The Balaban J connectivity index is 0. The smallest absolute Gasteiger partial charge is 0.223 e. The van der Waals surface area contributed by atoms with Crippen LogP contribution in [0.1, 0.15) is 106 Å². The predicted octanol–water partition coefficient (Wildman–Crippen LogP) is 5.70. The maximum absolute atomic E-state index is 12.1. The molecule has 0 radical (unpaired) electrons. The van der Waals surface area contributed by atoms with E-state index < -0.39 is 0 Å². The summed E-state index contributed by atoms with van der Waals surface area (Å²) in [5.74, 6) is 1.38. The van der Waals surface area contributed by atoms with Gasteiger partial charge in [-0.3, -0.25) is 9.59 Å². The van der Waals surface area contributed by atoms with Crippen LogP contribution in [0, 0.1) is 17.8 Å². The molecule has 1 unspecified atom stereocenters. The quantitative estimate of drug-likeness (QED) is 0.403.